The second-order valence-corrected chi connectivity index (χ2v) is 4.96. The van der Waals surface area contributed by atoms with Crippen molar-refractivity contribution < 1.29 is 22.1 Å². The monoisotopic (exact) mass is 224 g/mol. The van der Waals surface area contributed by atoms with Gasteiger partial charge in [-0.15, -0.1) is 0 Å². The summed E-state index contributed by atoms with van der Waals surface area (Å²) >= 11 is 0. The van der Waals surface area contributed by atoms with Crippen LogP contribution < -0.4 is 0 Å². The average Bonchev–Trinajstić information content (AvgIpc) is 2.00. The molecule has 14 heavy (non-hydrogen) atoms. The van der Waals surface area contributed by atoms with Crippen molar-refractivity contribution >= 4 is 16.1 Å². The Hall–Kier alpha value is -0.620. The molecule has 1 atom stereocenters. The molecule has 0 aliphatic heterocycles. The fourth-order valence-electron chi connectivity index (χ4n) is 0.853. The zero-order chi connectivity index (χ0) is 11.4. The summed E-state index contributed by atoms with van der Waals surface area (Å²) in [5.74, 6) is -0.545. The van der Waals surface area contributed by atoms with Gasteiger partial charge in [0.15, 0.2) is 0 Å². The van der Waals surface area contributed by atoms with E-state index in [1.54, 1.807) is 13.8 Å². The highest BCUT2D eigenvalue weighted by atomic mass is 32.2. The van der Waals surface area contributed by atoms with Crippen molar-refractivity contribution in [3.8, 4) is 0 Å². The summed E-state index contributed by atoms with van der Waals surface area (Å²) in [6.07, 6.45) is 0.249. The SMILES string of the molecule is COC(=O)CC(OS(C)(=O)=O)C(C)C. The van der Waals surface area contributed by atoms with Gasteiger partial charge in [0, 0.05) is 0 Å². The van der Waals surface area contributed by atoms with Crippen molar-refractivity contribution in [3.63, 3.8) is 0 Å². The Morgan fingerprint density at radius 1 is 1.36 bits per heavy atom. The lowest BCUT2D eigenvalue weighted by Gasteiger charge is -2.18. The molecular formula is C8H16O5S. The number of carbonyl (C=O) groups excluding carboxylic acids is 1. The Bertz CT molecular complexity index is 280. The van der Waals surface area contributed by atoms with Gasteiger partial charge in [0.2, 0.25) is 0 Å². The van der Waals surface area contributed by atoms with Crippen LogP contribution in [0.1, 0.15) is 20.3 Å². The Balaban J connectivity index is 4.39. The van der Waals surface area contributed by atoms with E-state index in [2.05, 4.69) is 4.74 Å². The van der Waals surface area contributed by atoms with Crippen LogP contribution in [0.2, 0.25) is 0 Å². The highest BCUT2D eigenvalue weighted by Crippen LogP contribution is 2.13. The molecule has 6 heteroatoms. The lowest BCUT2D eigenvalue weighted by atomic mass is 10.1. The molecule has 0 fully saturated rings. The number of methoxy groups -OCH3 is 1. The van der Waals surface area contributed by atoms with Gasteiger partial charge in [-0.25, -0.2) is 0 Å². The zero-order valence-corrected chi connectivity index (χ0v) is 9.63. The number of carbonyl (C=O) groups is 1. The third-order valence-corrected chi connectivity index (χ3v) is 2.23. The zero-order valence-electron chi connectivity index (χ0n) is 8.81. The number of ether oxygens (including phenoxy) is 1. The van der Waals surface area contributed by atoms with Gasteiger partial charge in [0.05, 0.1) is 25.9 Å². The maximum atomic E-state index is 10.9. The smallest absolute Gasteiger partial charge is 0.308 e. The van der Waals surface area contributed by atoms with E-state index in [4.69, 9.17) is 4.18 Å². The topological polar surface area (TPSA) is 69.7 Å². The molecule has 0 amide bonds. The van der Waals surface area contributed by atoms with Crippen molar-refractivity contribution in [1.82, 2.24) is 0 Å². The minimum atomic E-state index is -3.53. The van der Waals surface area contributed by atoms with Gasteiger partial charge in [-0.1, -0.05) is 13.8 Å². The van der Waals surface area contributed by atoms with Crippen LogP contribution in [0.4, 0.5) is 0 Å². The van der Waals surface area contributed by atoms with Crippen molar-refractivity contribution in [2.75, 3.05) is 13.4 Å². The Morgan fingerprint density at radius 3 is 2.14 bits per heavy atom. The summed E-state index contributed by atoms with van der Waals surface area (Å²) in [6.45, 7) is 3.55. The Morgan fingerprint density at radius 2 is 1.86 bits per heavy atom. The quantitative estimate of drug-likeness (QED) is 0.504. The van der Waals surface area contributed by atoms with Crippen LogP contribution in [-0.2, 0) is 23.8 Å². The predicted molar refractivity (Wildman–Crippen MR) is 51.2 cm³/mol. The van der Waals surface area contributed by atoms with Crippen molar-refractivity contribution in [2.45, 2.75) is 26.4 Å². The summed E-state index contributed by atoms with van der Waals surface area (Å²) < 4.78 is 30.9. The summed E-state index contributed by atoms with van der Waals surface area (Å²) in [7, 11) is -2.28. The van der Waals surface area contributed by atoms with E-state index in [-0.39, 0.29) is 12.3 Å². The van der Waals surface area contributed by atoms with Crippen molar-refractivity contribution in [3.05, 3.63) is 0 Å². The molecule has 0 saturated carbocycles. The first-order valence-corrected chi connectivity index (χ1v) is 6.03. The molecule has 0 aromatic heterocycles. The molecule has 1 unspecified atom stereocenters. The summed E-state index contributed by atoms with van der Waals surface area (Å²) in [6, 6.07) is 0. The fraction of sp³-hybridized carbons (Fsp3) is 0.875. The van der Waals surface area contributed by atoms with E-state index in [0.717, 1.165) is 6.26 Å². The van der Waals surface area contributed by atoms with Gasteiger partial charge in [-0.05, 0) is 5.92 Å². The minimum absolute atomic E-state index is 0.0543. The largest absolute Gasteiger partial charge is 0.469 e. The fourth-order valence-corrected chi connectivity index (χ4v) is 1.59. The Labute approximate surface area is 84.5 Å². The molecular weight excluding hydrogens is 208 g/mol. The van der Waals surface area contributed by atoms with E-state index >= 15 is 0 Å². The first-order valence-electron chi connectivity index (χ1n) is 4.21. The molecule has 84 valence electrons. The first kappa shape index (κ1) is 13.4. The number of rotatable bonds is 5. The summed E-state index contributed by atoms with van der Waals surface area (Å²) in [4.78, 5) is 10.9. The molecule has 0 heterocycles. The van der Waals surface area contributed by atoms with Gasteiger partial charge in [-0.3, -0.25) is 8.98 Å². The second-order valence-electron chi connectivity index (χ2n) is 3.36. The third kappa shape index (κ3) is 5.93. The van der Waals surface area contributed by atoms with Crippen molar-refractivity contribution in [2.24, 2.45) is 5.92 Å². The van der Waals surface area contributed by atoms with E-state index in [1.165, 1.54) is 7.11 Å². The van der Waals surface area contributed by atoms with Crippen molar-refractivity contribution in [1.29, 1.82) is 0 Å². The highest BCUT2D eigenvalue weighted by molar-refractivity contribution is 7.86. The molecule has 0 aliphatic carbocycles. The normalized spacial score (nSPS) is 14.1. The van der Waals surface area contributed by atoms with Crippen LogP contribution >= 0.6 is 0 Å². The Kier molecular flexibility index (Phi) is 5.07. The molecule has 0 rings (SSSR count). The molecule has 0 aromatic carbocycles. The maximum absolute atomic E-state index is 10.9. The average molecular weight is 224 g/mol. The molecule has 0 spiro atoms. The van der Waals surface area contributed by atoms with Crippen LogP contribution in [0.3, 0.4) is 0 Å². The van der Waals surface area contributed by atoms with Crippen LogP contribution in [-0.4, -0.2) is 33.9 Å². The lowest BCUT2D eigenvalue weighted by Crippen LogP contribution is -2.26. The molecule has 0 saturated heterocycles. The molecule has 0 bridgehead atoms. The van der Waals surface area contributed by atoms with Gasteiger partial charge in [-0.2, -0.15) is 8.42 Å². The maximum Gasteiger partial charge on any atom is 0.308 e. The summed E-state index contributed by atoms with van der Waals surface area (Å²) in [5.41, 5.74) is 0. The molecule has 0 aromatic rings. The molecule has 0 N–H and O–H groups in total. The highest BCUT2D eigenvalue weighted by Gasteiger charge is 2.22. The molecule has 0 radical (unpaired) electrons. The van der Waals surface area contributed by atoms with E-state index in [0.29, 0.717) is 0 Å². The van der Waals surface area contributed by atoms with Crippen LogP contribution in [0, 0.1) is 5.92 Å². The van der Waals surface area contributed by atoms with Gasteiger partial charge >= 0.3 is 5.97 Å². The number of hydrogen-bond acceptors (Lipinski definition) is 5. The lowest BCUT2D eigenvalue weighted by molar-refractivity contribution is -0.142. The number of hydrogen-bond donors (Lipinski definition) is 0. The standard InChI is InChI=1S/C8H16O5S/c1-6(2)7(5-8(9)12-3)13-14(4,10)11/h6-7H,5H2,1-4H3. The van der Waals surface area contributed by atoms with Crippen LogP contribution in [0.15, 0.2) is 0 Å². The first-order chi connectivity index (χ1) is 6.26. The number of esters is 1. The van der Waals surface area contributed by atoms with Crippen LogP contribution in [0.25, 0.3) is 0 Å². The van der Waals surface area contributed by atoms with Gasteiger partial charge in [0.25, 0.3) is 10.1 Å². The third-order valence-electron chi connectivity index (χ3n) is 1.64. The molecule has 0 aliphatic rings. The predicted octanol–water partition coefficient (Wildman–Crippen LogP) is 0.550. The minimum Gasteiger partial charge on any atom is -0.469 e. The second kappa shape index (κ2) is 5.31. The van der Waals surface area contributed by atoms with E-state index in [9.17, 15) is 13.2 Å². The van der Waals surface area contributed by atoms with E-state index in [1.807, 2.05) is 0 Å². The van der Waals surface area contributed by atoms with Crippen LogP contribution in [0.5, 0.6) is 0 Å². The van der Waals surface area contributed by atoms with Gasteiger partial charge in [0.1, 0.15) is 0 Å². The van der Waals surface area contributed by atoms with Gasteiger partial charge < -0.3 is 4.74 Å². The summed E-state index contributed by atoms with van der Waals surface area (Å²) in [5, 5.41) is 0. The van der Waals surface area contributed by atoms with E-state index < -0.39 is 22.2 Å². The molecule has 5 nitrogen and oxygen atoms in total.